The quantitative estimate of drug-likeness (QED) is 0.420. The molecule has 9 heteroatoms. The van der Waals surface area contributed by atoms with Gasteiger partial charge in [-0.05, 0) is 63.5 Å². The Labute approximate surface area is 193 Å². The number of amides is 1. The number of pyridine rings is 1. The molecule has 0 aliphatic rings. The van der Waals surface area contributed by atoms with E-state index in [4.69, 9.17) is 10.5 Å². The van der Waals surface area contributed by atoms with Crippen molar-refractivity contribution in [1.82, 2.24) is 4.98 Å². The number of rotatable bonds is 8. The van der Waals surface area contributed by atoms with Crippen LogP contribution in [-0.2, 0) is 22.0 Å². The lowest BCUT2D eigenvalue weighted by Gasteiger charge is -2.14. The van der Waals surface area contributed by atoms with Gasteiger partial charge in [-0.1, -0.05) is 25.1 Å². The molecule has 162 valence electrons. The summed E-state index contributed by atoms with van der Waals surface area (Å²) in [7, 11) is -3.21. The number of benzene rings is 2. The third kappa shape index (κ3) is 6.01. The van der Waals surface area contributed by atoms with Gasteiger partial charge in [0.1, 0.15) is 11.6 Å². The Kier molecular flexibility index (Phi) is 7.26. The Morgan fingerprint density at radius 3 is 2.61 bits per heavy atom. The molecule has 0 aliphatic carbocycles. The molecule has 31 heavy (non-hydrogen) atoms. The van der Waals surface area contributed by atoms with Crippen LogP contribution < -0.4 is 10.5 Å². The van der Waals surface area contributed by atoms with Crippen LogP contribution in [0.5, 0.6) is 11.5 Å². The standard InChI is InChI=1S/C22H20FIN2O4S/c1-2-31(28,29)13-14-4-3-5-18(8-14)30-20-12-26-11-16(21(20)22(25)27)9-15-6-7-17(24)10-19(15)23/h3-8,10-12H,2,9,13H2,1H3,(H2,25,27). The van der Waals surface area contributed by atoms with E-state index in [1.54, 1.807) is 43.3 Å². The van der Waals surface area contributed by atoms with E-state index in [1.807, 2.05) is 22.6 Å². The van der Waals surface area contributed by atoms with Gasteiger partial charge in [0.2, 0.25) is 0 Å². The van der Waals surface area contributed by atoms with E-state index < -0.39 is 21.6 Å². The number of hydrogen-bond acceptors (Lipinski definition) is 5. The zero-order chi connectivity index (χ0) is 22.6. The topological polar surface area (TPSA) is 99.3 Å². The Morgan fingerprint density at radius 2 is 1.94 bits per heavy atom. The summed E-state index contributed by atoms with van der Waals surface area (Å²) in [5, 5.41) is 0. The van der Waals surface area contributed by atoms with Crippen LogP contribution in [0.1, 0.15) is 34.0 Å². The van der Waals surface area contributed by atoms with Gasteiger partial charge in [0.15, 0.2) is 15.6 Å². The number of nitrogens with two attached hydrogens (primary N) is 1. The molecule has 3 rings (SSSR count). The molecule has 2 aromatic carbocycles. The minimum atomic E-state index is -3.21. The fourth-order valence-corrected chi connectivity index (χ4v) is 4.37. The number of halogens is 2. The Hall–Kier alpha value is -2.53. The number of hydrogen-bond donors (Lipinski definition) is 1. The molecule has 1 amide bonds. The number of nitrogens with zero attached hydrogens (tertiary/aromatic N) is 1. The van der Waals surface area contributed by atoms with Gasteiger partial charge < -0.3 is 10.5 Å². The summed E-state index contributed by atoms with van der Waals surface area (Å²) in [6, 6.07) is 11.4. The molecule has 0 saturated heterocycles. The van der Waals surface area contributed by atoms with Gasteiger partial charge in [0.25, 0.3) is 5.91 Å². The van der Waals surface area contributed by atoms with Gasteiger partial charge in [-0.2, -0.15) is 0 Å². The second-order valence-electron chi connectivity index (χ2n) is 6.87. The second kappa shape index (κ2) is 9.73. The second-order valence-corrected chi connectivity index (χ2v) is 10.5. The minimum absolute atomic E-state index is 0.0327. The van der Waals surface area contributed by atoms with Crippen LogP contribution in [0, 0.1) is 9.39 Å². The lowest BCUT2D eigenvalue weighted by Crippen LogP contribution is -2.16. The van der Waals surface area contributed by atoms with Crippen LogP contribution in [0.3, 0.4) is 0 Å². The van der Waals surface area contributed by atoms with Crippen molar-refractivity contribution in [1.29, 1.82) is 0 Å². The number of aromatic nitrogens is 1. The first-order valence-corrected chi connectivity index (χ1v) is 12.3. The number of carbonyl (C=O) groups is 1. The molecule has 0 spiro atoms. The zero-order valence-corrected chi connectivity index (χ0v) is 19.6. The van der Waals surface area contributed by atoms with Crippen LogP contribution in [0.2, 0.25) is 0 Å². The van der Waals surface area contributed by atoms with Gasteiger partial charge in [-0.25, -0.2) is 12.8 Å². The number of primary amides is 1. The van der Waals surface area contributed by atoms with E-state index in [0.717, 1.165) is 3.57 Å². The number of ether oxygens (including phenoxy) is 1. The average Bonchev–Trinajstić information content (AvgIpc) is 2.70. The highest BCUT2D eigenvalue weighted by atomic mass is 127. The van der Waals surface area contributed by atoms with Gasteiger partial charge in [0.05, 0.1) is 17.5 Å². The molecule has 0 unspecified atom stereocenters. The van der Waals surface area contributed by atoms with Crippen LogP contribution in [0.25, 0.3) is 0 Å². The summed E-state index contributed by atoms with van der Waals surface area (Å²) in [5.41, 5.74) is 7.07. The maximum absolute atomic E-state index is 14.3. The van der Waals surface area contributed by atoms with Crippen LogP contribution >= 0.6 is 22.6 Å². The highest BCUT2D eigenvalue weighted by molar-refractivity contribution is 14.1. The molecular weight excluding hydrogens is 534 g/mol. The van der Waals surface area contributed by atoms with Crippen molar-refractivity contribution in [2.75, 3.05) is 5.75 Å². The third-order valence-corrected chi connectivity index (χ3v) is 6.91. The fourth-order valence-electron chi connectivity index (χ4n) is 3.03. The molecule has 0 fully saturated rings. The normalized spacial score (nSPS) is 11.3. The lowest BCUT2D eigenvalue weighted by atomic mass is 10.0. The van der Waals surface area contributed by atoms with E-state index in [-0.39, 0.29) is 29.2 Å². The molecule has 0 bridgehead atoms. The van der Waals surface area contributed by atoms with E-state index in [2.05, 4.69) is 4.98 Å². The van der Waals surface area contributed by atoms with Crippen molar-refractivity contribution in [3.05, 3.63) is 86.5 Å². The molecule has 1 aromatic heterocycles. The zero-order valence-electron chi connectivity index (χ0n) is 16.6. The first-order chi connectivity index (χ1) is 14.7. The maximum Gasteiger partial charge on any atom is 0.252 e. The Balaban J connectivity index is 1.94. The van der Waals surface area contributed by atoms with E-state index >= 15 is 0 Å². The summed E-state index contributed by atoms with van der Waals surface area (Å²) >= 11 is 2.02. The maximum atomic E-state index is 14.3. The lowest BCUT2D eigenvalue weighted by molar-refractivity contribution is 0.0997. The summed E-state index contributed by atoms with van der Waals surface area (Å²) in [6.07, 6.45) is 2.91. The minimum Gasteiger partial charge on any atom is -0.455 e. The van der Waals surface area contributed by atoms with Crippen LogP contribution in [-0.4, -0.2) is 25.1 Å². The SMILES string of the molecule is CCS(=O)(=O)Cc1cccc(Oc2cncc(Cc3ccc(I)cc3F)c2C(N)=O)c1. The summed E-state index contributed by atoms with van der Waals surface area (Å²) in [4.78, 5) is 16.3. The average molecular weight is 554 g/mol. The number of sulfone groups is 1. The van der Waals surface area contributed by atoms with Gasteiger partial charge >= 0.3 is 0 Å². The molecule has 0 saturated carbocycles. The Bertz CT molecular complexity index is 1230. The van der Waals surface area contributed by atoms with Crippen molar-refractivity contribution in [2.24, 2.45) is 5.73 Å². The Morgan fingerprint density at radius 1 is 1.16 bits per heavy atom. The molecular formula is C22H20FIN2O4S. The predicted molar refractivity (Wildman–Crippen MR) is 124 cm³/mol. The molecule has 0 atom stereocenters. The number of carbonyl (C=O) groups excluding carboxylic acids is 1. The molecule has 2 N–H and O–H groups in total. The molecule has 0 aliphatic heterocycles. The summed E-state index contributed by atoms with van der Waals surface area (Å²) in [6.45, 7) is 1.59. The van der Waals surface area contributed by atoms with Crippen molar-refractivity contribution in [2.45, 2.75) is 19.1 Å². The van der Waals surface area contributed by atoms with E-state index in [9.17, 15) is 17.6 Å². The van der Waals surface area contributed by atoms with Gasteiger partial charge in [0, 0.05) is 21.9 Å². The van der Waals surface area contributed by atoms with Crippen LogP contribution in [0.15, 0.2) is 54.9 Å². The van der Waals surface area contributed by atoms with E-state index in [0.29, 0.717) is 22.4 Å². The first kappa shape index (κ1) is 23.1. The monoisotopic (exact) mass is 554 g/mol. The van der Waals surface area contributed by atoms with E-state index in [1.165, 1.54) is 18.5 Å². The molecule has 3 aromatic rings. The van der Waals surface area contributed by atoms with Crippen molar-refractivity contribution in [3.8, 4) is 11.5 Å². The van der Waals surface area contributed by atoms with Crippen molar-refractivity contribution >= 4 is 38.3 Å². The largest absolute Gasteiger partial charge is 0.455 e. The molecule has 1 heterocycles. The fraction of sp³-hybridized carbons (Fsp3) is 0.182. The first-order valence-electron chi connectivity index (χ1n) is 9.36. The predicted octanol–water partition coefficient (Wildman–Crippen LogP) is 4.24. The smallest absolute Gasteiger partial charge is 0.252 e. The highest BCUT2D eigenvalue weighted by Gasteiger charge is 2.18. The van der Waals surface area contributed by atoms with Gasteiger partial charge in [-0.15, -0.1) is 0 Å². The van der Waals surface area contributed by atoms with Gasteiger partial charge in [-0.3, -0.25) is 9.78 Å². The third-order valence-electron chi connectivity index (χ3n) is 4.58. The molecule has 6 nitrogen and oxygen atoms in total. The van der Waals surface area contributed by atoms with Crippen molar-refractivity contribution < 1.29 is 22.3 Å². The van der Waals surface area contributed by atoms with Crippen LogP contribution in [0.4, 0.5) is 4.39 Å². The highest BCUT2D eigenvalue weighted by Crippen LogP contribution is 2.29. The summed E-state index contributed by atoms with van der Waals surface area (Å²) in [5.74, 6) is -0.753. The molecule has 0 radical (unpaired) electrons. The van der Waals surface area contributed by atoms with Crippen molar-refractivity contribution in [3.63, 3.8) is 0 Å². The summed E-state index contributed by atoms with van der Waals surface area (Å²) < 4.78 is 44.7.